The topological polar surface area (TPSA) is 84.6 Å². The molecule has 0 atom stereocenters. The van der Waals surface area contributed by atoms with Gasteiger partial charge in [0.25, 0.3) is 5.91 Å². The second-order valence-electron chi connectivity index (χ2n) is 6.34. The van der Waals surface area contributed by atoms with Crippen molar-refractivity contribution < 1.29 is 14.1 Å². The van der Waals surface area contributed by atoms with E-state index in [2.05, 4.69) is 20.0 Å². The maximum atomic E-state index is 12.9. The molecule has 8 nitrogen and oxygen atoms in total. The molecule has 1 aliphatic rings. The van der Waals surface area contributed by atoms with E-state index in [-0.39, 0.29) is 11.8 Å². The van der Waals surface area contributed by atoms with E-state index >= 15 is 0 Å². The van der Waals surface area contributed by atoms with Gasteiger partial charge in [-0.25, -0.2) is 4.98 Å². The highest BCUT2D eigenvalue weighted by molar-refractivity contribution is 5.96. The minimum absolute atomic E-state index is 0.0198. The van der Waals surface area contributed by atoms with Crippen molar-refractivity contribution in [3.8, 4) is 5.88 Å². The summed E-state index contributed by atoms with van der Waals surface area (Å²) in [4.78, 5) is 25.4. The second-order valence-corrected chi connectivity index (χ2v) is 6.34. The van der Waals surface area contributed by atoms with Gasteiger partial charge in [-0.1, -0.05) is 19.0 Å². The highest BCUT2D eigenvalue weighted by atomic mass is 16.5. The van der Waals surface area contributed by atoms with Gasteiger partial charge in [0, 0.05) is 44.4 Å². The first-order valence-electron chi connectivity index (χ1n) is 8.38. The third-order valence-electron chi connectivity index (χ3n) is 4.30. The Kier molecular flexibility index (Phi) is 4.87. The summed E-state index contributed by atoms with van der Waals surface area (Å²) in [6.07, 6.45) is 1.67. The maximum Gasteiger partial charge on any atom is 0.259 e. The number of amides is 1. The number of aromatic nitrogens is 3. The molecule has 3 heterocycles. The van der Waals surface area contributed by atoms with E-state index in [1.54, 1.807) is 19.4 Å². The van der Waals surface area contributed by atoms with E-state index < -0.39 is 0 Å². The van der Waals surface area contributed by atoms with E-state index in [0.29, 0.717) is 55.0 Å². The van der Waals surface area contributed by atoms with Gasteiger partial charge in [0.2, 0.25) is 11.8 Å². The van der Waals surface area contributed by atoms with E-state index in [1.807, 2.05) is 25.7 Å². The Hall–Kier alpha value is -2.64. The van der Waals surface area contributed by atoms with Crippen LogP contribution in [0.5, 0.6) is 5.88 Å². The molecule has 1 saturated heterocycles. The quantitative estimate of drug-likeness (QED) is 0.836. The van der Waals surface area contributed by atoms with Gasteiger partial charge in [0.1, 0.15) is 5.56 Å². The molecule has 3 rings (SSSR count). The lowest BCUT2D eigenvalue weighted by atomic mass is 10.0. The molecule has 0 saturated carbocycles. The number of anilines is 1. The van der Waals surface area contributed by atoms with Crippen LogP contribution in [-0.4, -0.2) is 59.2 Å². The number of ether oxygens (including phenoxy) is 1. The Bertz CT molecular complexity index is 750. The van der Waals surface area contributed by atoms with Crippen LogP contribution in [0.3, 0.4) is 0 Å². The van der Waals surface area contributed by atoms with E-state index in [1.165, 1.54) is 0 Å². The molecule has 8 heteroatoms. The van der Waals surface area contributed by atoms with Crippen LogP contribution in [0.2, 0.25) is 0 Å². The molecule has 25 heavy (non-hydrogen) atoms. The summed E-state index contributed by atoms with van der Waals surface area (Å²) >= 11 is 0. The predicted molar refractivity (Wildman–Crippen MR) is 92.0 cm³/mol. The number of aryl methyl sites for hydroxylation is 1. The molecule has 1 fully saturated rings. The lowest BCUT2D eigenvalue weighted by Crippen LogP contribution is -2.49. The fraction of sp³-hybridized carbons (Fsp3) is 0.529. The zero-order valence-corrected chi connectivity index (χ0v) is 15.0. The fourth-order valence-electron chi connectivity index (χ4n) is 2.91. The predicted octanol–water partition coefficient (Wildman–Crippen LogP) is 1.87. The number of piperazine rings is 1. The van der Waals surface area contributed by atoms with Crippen LogP contribution >= 0.6 is 0 Å². The van der Waals surface area contributed by atoms with Gasteiger partial charge < -0.3 is 19.1 Å². The average molecular weight is 345 g/mol. The summed E-state index contributed by atoms with van der Waals surface area (Å²) in [5.74, 6) is 1.90. The molecule has 0 spiro atoms. The first kappa shape index (κ1) is 17.2. The lowest BCUT2D eigenvalue weighted by Gasteiger charge is -2.34. The standard InChI is InChI=1S/C17H23N5O3/c1-11(2)15-14(12(3)20-25-15)16(23)21-7-9-22(10-8-21)17-18-6-5-13(19-17)24-4/h5-6,11H,7-10H2,1-4H3. The average Bonchev–Trinajstić information content (AvgIpc) is 3.03. The van der Waals surface area contributed by atoms with Crippen molar-refractivity contribution in [3.05, 3.63) is 29.3 Å². The van der Waals surface area contributed by atoms with Gasteiger partial charge in [0.05, 0.1) is 12.8 Å². The highest BCUT2D eigenvalue weighted by Crippen LogP contribution is 2.24. The maximum absolute atomic E-state index is 12.9. The Morgan fingerprint density at radius 1 is 1.28 bits per heavy atom. The molecule has 1 amide bonds. The number of hydrogen-bond donors (Lipinski definition) is 0. The third-order valence-corrected chi connectivity index (χ3v) is 4.30. The summed E-state index contributed by atoms with van der Waals surface area (Å²) in [5, 5.41) is 3.97. The Morgan fingerprint density at radius 2 is 2.00 bits per heavy atom. The van der Waals surface area contributed by atoms with Crippen LogP contribution in [0.1, 0.15) is 41.6 Å². The van der Waals surface area contributed by atoms with Crippen LogP contribution in [0.4, 0.5) is 5.95 Å². The molecule has 0 unspecified atom stereocenters. The van der Waals surface area contributed by atoms with E-state index in [0.717, 1.165) is 0 Å². The summed E-state index contributed by atoms with van der Waals surface area (Å²) < 4.78 is 10.5. The van der Waals surface area contributed by atoms with E-state index in [4.69, 9.17) is 9.26 Å². The Balaban J connectivity index is 1.70. The van der Waals surface area contributed by atoms with Gasteiger partial charge >= 0.3 is 0 Å². The zero-order chi connectivity index (χ0) is 18.0. The molecule has 134 valence electrons. The van der Waals surface area contributed by atoms with Crippen molar-refractivity contribution in [2.45, 2.75) is 26.7 Å². The fourth-order valence-corrected chi connectivity index (χ4v) is 2.91. The molecular weight excluding hydrogens is 322 g/mol. The van der Waals surface area contributed by atoms with Crippen LogP contribution < -0.4 is 9.64 Å². The molecular formula is C17H23N5O3. The minimum atomic E-state index is -0.0198. The number of carbonyl (C=O) groups is 1. The normalized spacial score (nSPS) is 14.9. The Morgan fingerprint density at radius 3 is 2.64 bits per heavy atom. The van der Waals surface area contributed by atoms with Crippen molar-refractivity contribution in [1.29, 1.82) is 0 Å². The molecule has 2 aromatic rings. The molecule has 0 aromatic carbocycles. The first-order valence-corrected chi connectivity index (χ1v) is 8.38. The smallest absolute Gasteiger partial charge is 0.259 e. The molecule has 2 aromatic heterocycles. The van der Waals surface area contributed by atoms with Crippen molar-refractivity contribution in [3.63, 3.8) is 0 Å². The van der Waals surface area contributed by atoms with Crippen LogP contribution in [0.25, 0.3) is 0 Å². The molecule has 0 radical (unpaired) electrons. The van der Waals surface area contributed by atoms with E-state index in [9.17, 15) is 4.79 Å². The summed E-state index contributed by atoms with van der Waals surface area (Å²) in [6, 6.07) is 1.71. The van der Waals surface area contributed by atoms with Gasteiger partial charge in [-0.3, -0.25) is 4.79 Å². The van der Waals surface area contributed by atoms with Crippen molar-refractivity contribution in [2.24, 2.45) is 0 Å². The minimum Gasteiger partial charge on any atom is -0.481 e. The van der Waals surface area contributed by atoms with Crippen molar-refractivity contribution in [1.82, 2.24) is 20.0 Å². The number of carbonyl (C=O) groups excluding carboxylic acids is 1. The van der Waals surface area contributed by atoms with Crippen molar-refractivity contribution in [2.75, 3.05) is 38.2 Å². The number of methoxy groups -OCH3 is 1. The Labute approximate surface area is 146 Å². The van der Waals surface area contributed by atoms with Gasteiger partial charge in [0.15, 0.2) is 5.76 Å². The molecule has 1 aliphatic heterocycles. The monoisotopic (exact) mass is 345 g/mol. The van der Waals surface area contributed by atoms with Crippen LogP contribution in [0.15, 0.2) is 16.8 Å². The summed E-state index contributed by atoms with van der Waals surface area (Å²) in [5.41, 5.74) is 1.24. The summed E-state index contributed by atoms with van der Waals surface area (Å²) in [7, 11) is 1.58. The molecule has 0 bridgehead atoms. The summed E-state index contributed by atoms with van der Waals surface area (Å²) in [6.45, 7) is 8.33. The zero-order valence-electron chi connectivity index (χ0n) is 15.0. The first-order chi connectivity index (χ1) is 12.0. The SMILES string of the molecule is COc1ccnc(N2CCN(C(=O)c3c(C)noc3C(C)C)CC2)n1. The second kappa shape index (κ2) is 7.08. The van der Waals surface area contributed by atoms with Crippen molar-refractivity contribution >= 4 is 11.9 Å². The number of nitrogens with zero attached hydrogens (tertiary/aromatic N) is 5. The lowest BCUT2D eigenvalue weighted by molar-refractivity contribution is 0.0742. The van der Waals surface area contributed by atoms with Gasteiger partial charge in [-0.15, -0.1) is 0 Å². The van der Waals surface area contributed by atoms with Gasteiger partial charge in [-0.05, 0) is 6.92 Å². The molecule has 0 aliphatic carbocycles. The van der Waals surface area contributed by atoms with Gasteiger partial charge in [-0.2, -0.15) is 4.98 Å². The highest BCUT2D eigenvalue weighted by Gasteiger charge is 2.29. The number of rotatable bonds is 4. The largest absolute Gasteiger partial charge is 0.481 e. The van der Waals surface area contributed by atoms with Crippen LogP contribution in [0, 0.1) is 6.92 Å². The molecule has 0 N–H and O–H groups in total. The van der Waals surface area contributed by atoms with Crippen LogP contribution in [-0.2, 0) is 0 Å². The third kappa shape index (κ3) is 3.42. The number of hydrogen-bond acceptors (Lipinski definition) is 7.